The first kappa shape index (κ1) is 22.9. The molecule has 0 bridgehead atoms. The minimum Gasteiger partial charge on any atom is -0.481 e. The number of fused-ring (bicyclic) bond motifs is 1. The lowest BCUT2D eigenvalue weighted by molar-refractivity contribution is -0.671. The highest BCUT2D eigenvalue weighted by atomic mass is 32.1. The van der Waals surface area contributed by atoms with Crippen molar-refractivity contribution >= 4 is 23.2 Å². The van der Waals surface area contributed by atoms with Crippen molar-refractivity contribution in [3.8, 4) is 11.3 Å². The van der Waals surface area contributed by atoms with Gasteiger partial charge in [-0.15, -0.1) is 11.3 Å². The van der Waals surface area contributed by atoms with Gasteiger partial charge in [0.2, 0.25) is 5.91 Å². The minimum absolute atomic E-state index is 0.199. The number of pyridine rings is 1. The number of benzene rings is 1. The predicted octanol–water partition coefficient (Wildman–Crippen LogP) is 2.76. The van der Waals surface area contributed by atoms with Crippen molar-refractivity contribution in [1.29, 1.82) is 0 Å². The Labute approximate surface area is 206 Å². The summed E-state index contributed by atoms with van der Waals surface area (Å²) in [7, 11) is 1.98. The Morgan fingerprint density at radius 1 is 1.17 bits per heavy atom. The molecule has 5 rings (SSSR count). The van der Waals surface area contributed by atoms with Gasteiger partial charge in [-0.3, -0.25) is 14.3 Å². The first-order valence-corrected chi connectivity index (χ1v) is 12.3. The summed E-state index contributed by atoms with van der Waals surface area (Å²) in [5.74, 6) is -1.21. The van der Waals surface area contributed by atoms with Crippen LogP contribution in [0.5, 0.6) is 0 Å². The maximum Gasteiger partial charge on any atom is 0.304 e. The van der Waals surface area contributed by atoms with Crippen molar-refractivity contribution in [2.75, 3.05) is 0 Å². The number of amides is 1. The van der Waals surface area contributed by atoms with E-state index in [1.165, 1.54) is 11.3 Å². The average Bonchev–Trinajstić information content (AvgIpc) is 3.57. The second-order valence-electron chi connectivity index (χ2n) is 9.08. The number of hydrogen-bond acceptors (Lipinski definition) is 5. The van der Waals surface area contributed by atoms with Gasteiger partial charge in [0.1, 0.15) is 12.1 Å². The summed E-state index contributed by atoms with van der Waals surface area (Å²) in [5.41, 5.74) is 3.99. The zero-order chi connectivity index (χ0) is 24.4. The van der Waals surface area contributed by atoms with E-state index in [-0.39, 0.29) is 18.9 Å². The van der Waals surface area contributed by atoms with Crippen LogP contribution in [0.1, 0.15) is 28.1 Å². The van der Waals surface area contributed by atoms with E-state index < -0.39 is 11.4 Å². The Balaban J connectivity index is 1.24. The molecule has 1 aliphatic rings. The molecule has 0 unspecified atom stereocenters. The summed E-state index contributed by atoms with van der Waals surface area (Å²) < 4.78 is 3.86. The molecular formula is C26H26N5O3S+. The number of aromatic nitrogens is 4. The number of thiazole rings is 1. The van der Waals surface area contributed by atoms with E-state index in [1.807, 2.05) is 64.5 Å². The van der Waals surface area contributed by atoms with Crippen LogP contribution in [0.25, 0.3) is 11.3 Å². The van der Waals surface area contributed by atoms with E-state index in [1.54, 1.807) is 6.20 Å². The Bertz CT molecular complexity index is 1350. The lowest BCUT2D eigenvalue weighted by Crippen LogP contribution is -2.43. The van der Waals surface area contributed by atoms with Gasteiger partial charge in [0.15, 0.2) is 12.4 Å². The lowest BCUT2D eigenvalue weighted by Gasteiger charge is -2.25. The van der Waals surface area contributed by atoms with Crippen LogP contribution in [0.3, 0.4) is 0 Å². The second-order valence-corrected chi connectivity index (χ2v) is 10.0. The molecule has 4 aromatic rings. The van der Waals surface area contributed by atoms with Crippen molar-refractivity contribution in [2.24, 2.45) is 12.5 Å². The summed E-state index contributed by atoms with van der Waals surface area (Å²) in [4.78, 5) is 29.5. The number of aliphatic carboxylic acids is 1. The van der Waals surface area contributed by atoms with E-state index in [2.05, 4.69) is 27.5 Å². The minimum atomic E-state index is -0.967. The third-order valence-electron chi connectivity index (χ3n) is 6.42. The molecule has 1 aliphatic carbocycles. The highest BCUT2D eigenvalue weighted by Crippen LogP contribution is 2.40. The van der Waals surface area contributed by atoms with Crippen LogP contribution < -0.4 is 9.88 Å². The van der Waals surface area contributed by atoms with Gasteiger partial charge in [0, 0.05) is 29.3 Å². The number of carboxylic acids is 1. The van der Waals surface area contributed by atoms with Crippen LogP contribution in [0.15, 0.2) is 66.6 Å². The van der Waals surface area contributed by atoms with Crippen molar-refractivity contribution in [3.05, 3.63) is 88.3 Å². The van der Waals surface area contributed by atoms with Crippen LogP contribution in [0.2, 0.25) is 0 Å². The Kier molecular flexibility index (Phi) is 6.17. The monoisotopic (exact) mass is 488 g/mol. The zero-order valence-corrected chi connectivity index (χ0v) is 20.2. The maximum atomic E-state index is 13.2. The van der Waals surface area contributed by atoms with Gasteiger partial charge >= 0.3 is 5.97 Å². The number of carbonyl (C=O) groups excluding carboxylic acids is 1. The molecule has 2 N–H and O–H groups in total. The molecule has 178 valence electrons. The molecule has 0 saturated heterocycles. The van der Waals surface area contributed by atoms with Gasteiger partial charge in [0.05, 0.1) is 36.8 Å². The van der Waals surface area contributed by atoms with Crippen molar-refractivity contribution < 1.29 is 19.3 Å². The molecule has 1 aromatic carbocycles. The summed E-state index contributed by atoms with van der Waals surface area (Å²) >= 11 is 1.46. The van der Waals surface area contributed by atoms with Gasteiger partial charge in [-0.25, -0.2) is 9.55 Å². The highest BCUT2D eigenvalue weighted by Gasteiger charge is 2.45. The SMILES string of the molecule is C[n+]1ccc(Cn2cc(-c3csc(CNC(=O)C4(CC(=O)O)Cc5ccccc5C4)n3)cn2)cc1. The molecule has 0 radical (unpaired) electrons. The number of carboxylic acid groups (broad SMARTS) is 1. The van der Waals surface area contributed by atoms with Crippen molar-refractivity contribution in [3.63, 3.8) is 0 Å². The molecule has 0 saturated carbocycles. The van der Waals surface area contributed by atoms with Crippen LogP contribution in [-0.4, -0.2) is 31.7 Å². The van der Waals surface area contributed by atoms with E-state index in [4.69, 9.17) is 0 Å². The van der Waals surface area contributed by atoms with Gasteiger partial charge in [-0.2, -0.15) is 5.10 Å². The maximum absolute atomic E-state index is 13.2. The number of rotatable bonds is 8. The molecule has 1 amide bonds. The van der Waals surface area contributed by atoms with E-state index in [9.17, 15) is 14.7 Å². The molecule has 0 fully saturated rings. The fourth-order valence-corrected chi connectivity index (χ4v) is 5.37. The smallest absolute Gasteiger partial charge is 0.304 e. The number of aryl methyl sites for hydroxylation is 1. The normalized spacial score (nSPS) is 14.0. The first-order chi connectivity index (χ1) is 16.9. The fourth-order valence-electron chi connectivity index (χ4n) is 4.62. The number of hydrogen-bond donors (Lipinski definition) is 2. The van der Waals surface area contributed by atoms with Crippen molar-refractivity contribution in [1.82, 2.24) is 20.1 Å². The first-order valence-electron chi connectivity index (χ1n) is 11.4. The van der Waals surface area contributed by atoms with Crippen LogP contribution in [0, 0.1) is 5.41 Å². The molecule has 3 aromatic heterocycles. The topological polar surface area (TPSA) is 101 Å². The van der Waals surface area contributed by atoms with Gasteiger partial charge in [-0.1, -0.05) is 24.3 Å². The quantitative estimate of drug-likeness (QED) is 0.372. The van der Waals surface area contributed by atoms with Crippen LogP contribution in [0.4, 0.5) is 0 Å². The Morgan fingerprint density at radius 2 is 1.89 bits per heavy atom. The molecular weight excluding hydrogens is 462 g/mol. The molecule has 0 spiro atoms. The molecule has 35 heavy (non-hydrogen) atoms. The van der Waals surface area contributed by atoms with Crippen LogP contribution >= 0.6 is 11.3 Å². The van der Waals surface area contributed by atoms with E-state index >= 15 is 0 Å². The fraction of sp³-hybridized carbons (Fsp3) is 0.269. The molecule has 9 heteroatoms. The Hall–Kier alpha value is -3.85. The summed E-state index contributed by atoms with van der Waals surface area (Å²) in [5, 5.41) is 19.6. The highest BCUT2D eigenvalue weighted by molar-refractivity contribution is 7.09. The average molecular weight is 489 g/mol. The molecule has 0 atom stereocenters. The summed E-state index contributed by atoms with van der Waals surface area (Å²) in [6.07, 6.45) is 8.43. The Morgan fingerprint density at radius 3 is 2.57 bits per heavy atom. The standard InChI is InChI=1S/C26H25N5O3S/c1-30-8-6-18(7-9-30)15-31-16-21(13-28-31)22-17-35-23(29-22)14-27-25(34)26(12-24(32)33)10-19-4-2-3-5-20(19)11-26/h2-9,13,16-17H,10-12,14-15H2,1H3,(H-,27,32,33,34)/p+1. The van der Waals surface area contributed by atoms with E-state index in [0.717, 1.165) is 33.0 Å². The van der Waals surface area contributed by atoms with Gasteiger partial charge in [-0.05, 0) is 29.5 Å². The second kappa shape index (κ2) is 9.42. The van der Waals surface area contributed by atoms with Gasteiger partial charge in [0.25, 0.3) is 0 Å². The molecule has 8 nitrogen and oxygen atoms in total. The largest absolute Gasteiger partial charge is 0.481 e. The number of nitrogens with one attached hydrogen (secondary N) is 1. The third-order valence-corrected chi connectivity index (χ3v) is 7.27. The molecule has 3 heterocycles. The molecule has 0 aliphatic heterocycles. The number of nitrogens with zero attached hydrogens (tertiary/aromatic N) is 4. The summed E-state index contributed by atoms with van der Waals surface area (Å²) in [6, 6.07) is 11.9. The van der Waals surface area contributed by atoms with Crippen LogP contribution in [-0.2, 0) is 42.6 Å². The predicted molar refractivity (Wildman–Crippen MR) is 130 cm³/mol. The zero-order valence-electron chi connectivity index (χ0n) is 19.3. The summed E-state index contributed by atoms with van der Waals surface area (Å²) in [6.45, 7) is 0.929. The lowest BCUT2D eigenvalue weighted by atomic mass is 9.80. The van der Waals surface area contributed by atoms with E-state index in [0.29, 0.717) is 19.4 Å². The van der Waals surface area contributed by atoms with Gasteiger partial charge < -0.3 is 10.4 Å². The number of carbonyl (C=O) groups is 2. The third kappa shape index (κ3) is 5.00. The van der Waals surface area contributed by atoms with Crippen molar-refractivity contribution in [2.45, 2.75) is 32.4 Å².